The van der Waals surface area contributed by atoms with Gasteiger partial charge in [-0.05, 0) is 37.1 Å². The SMILES string of the molecule is OC(CNC1CCCOc2cc(Cl)ccc21)c1ccc(F)cn1. The second-order valence-corrected chi connectivity index (χ2v) is 5.99. The monoisotopic (exact) mass is 336 g/mol. The maximum atomic E-state index is 12.9. The second kappa shape index (κ2) is 7.25. The second-order valence-electron chi connectivity index (χ2n) is 5.55. The van der Waals surface area contributed by atoms with Crippen molar-refractivity contribution in [2.24, 2.45) is 0 Å². The number of hydrogen-bond donors (Lipinski definition) is 2. The molecule has 2 N–H and O–H groups in total. The number of hydrogen-bond acceptors (Lipinski definition) is 4. The Morgan fingerprint density at radius 3 is 3.04 bits per heavy atom. The van der Waals surface area contributed by atoms with Gasteiger partial charge in [0.25, 0.3) is 0 Å². The van der Waals surface area contributed by atoms with E-state index in [2.05, 4.69) is 10.3 Å². The quantitative estimate of drug-likeness (QED) is 0.898. The summed E-state index contributed by atoms with van der Waals surface area (Å²) in [6.45, 7) is 0.971. The molecular formula is C17H18ClFN2O2. The van der Waals surface area contributed by atoms with E-state index in [1.807, 2.05) is 18.2 Å². The number of fused-ring (bicyclic) bond motifs is 1. The number of nitrogens with zero attached hydrogens (tertiary/aromatic N) is 1. The van der Waals surface area contributed by atoms with Crippen LogP contribution in [0.3, 0.4) is 0 Å². The van der Waals surface area contributed by atoms with Gasteiger partial charge < -0.3 is 15.2 Å². The zero-order valence-electron chi connectivity index (χ0n) is 12.5. The molecule has 2 atom stereocenters. The highest BCUT2D eigenvalue weighted by molar-refractivity contribution is 6.30. The normalized spacial score (nSPS) is 18.7. The Morgan fingerprint density at radius 2 is 2.26 bits per heavy atom. The third-order valence-electron chi connectivity index (χ3n) is 3.90. The van der Waals surface area contributed by atoms with Gasteiger partial charge >= 0.3 is 0 Å². The number of benzene rings is 1. The molecule has 2 unspecified atom stereocenters. The van der Waals surface area contributed by atoms with Gasteiger partial charge in [0.2, 0.25) is 0 Å². The van der Waals surface area contributed by atoms with Crippen molar-refractivity contribution in [2.45, 2.75) is 25.0 Å². The lowest BCUT2D eigenvalue weighted by Gasteiger charge is -2.20. The standard InChI is InChI=1S/C17H18ClFN2O2/c18-11-3-5-13-14(2-1-7-23-17(13)8-11)21-10-16(22)15-6-4-12(19)9-20-15/h3-6,8-9,14,16,21-22H,1-2,7,10H2. The van der Waals surface area contributed by atoms with Crippen molar-refractivity contribution in [3.63, 3.8) is 0 Å². The van der Waals surface area contributed by atoms with Gasteiger partial charge in [-0.15, -0.1) is 0 Å². The average Bonchev–Trinajstić information content (AvgIpc) is 2.75. The maximum absolute atomic E-state index is 12.9. The number of nitrogens with one attached hydrogen (secondary N) is 1. The first-order valence-corrected chi connectivity index (χ1v) is 7.96. The number of halogens is 2. The first-order valence-electron chi connectivity index (χ1n) is 7.58. The predicted octanol–water partition coefficient (Wildman–Crippen LogP) is 3.41. The van der Waals surface area contributed by atoms with E-state index < -0.39 is 11.9 Å². The lowest BCUT2D eigenvalue weighted by molar-refractivity contribution is 0.164. The van der Waals surface area contributed by atoms with Crippen LogP contribution in [0.4, 0.5) is 4.39 Å². The van der Waals surface area contributed by atoms with Crippen LogP contribution < -0.4 is 10.1 Å². The Kier molecular flexibility index (Phi) is 5.10. The Morgan fingerprint density at radius 1 is 1.39 bits per heavy atom. The van der Waals surface area contributed by atoms with Crippen LogP contribution in [0.5, 0.6) is 5.75 Å². The molecular weight excluding hydrogens is 319 g/mol. The van der Waals surface area contributed by atoms with Crippen LogP contribution in [0.1, 0.15) is 36.2 Å². The zero-order chi connectivity index (χ0) is 16.2. The van der Waals surface area contributed by atoms with Crippen molar-refractivity contribution in [2.75, 3.05) is 13.2 Å². The Labute approximate surface area is 139 Å². The Bertz CT molecular complexity index is 666. The molecule has 1 aliphatic rings. The van der Waals surface area contributed by atoms with Crippen LogP contribution in [-0.4, -0.2) is 23.2 Å². The first kappa shape index (κ1) is 16.2. The van der Waals surface area contributed by atoms with Gasteiger partial charge in [-0.2, -0.15) is 0 Å². The topological polar surface area (TPSA) is 54.4 Å². The van der Waals surface area contributed by atoms with Gasteiger partial charge in [0.1, 0.15) is 17.7 Å². The molecule has 0 bridgehead atoms. The summed E-state index contributed by atoms with van der Waals surface area (Å²) in [5.41, 5.74) is 1.48. The van der Waals surface area contributed by atoms with Gasteiger partial charge in [-0.1, -0.05) is 17.7 Å². The minimum atomic E-state index is -0.796. The van der Waals surface area contributed by atoms with Gasteiger partial charge in [0, 0.05) is 23.2 Å². The molecule has 0 saturated heterocycles. The summed E-state index contributed by atoms with van der Waals surface area (Å²) in [6, 6.07) is 8.45. The molecule has 4 nitrogen and oxygen atoms in total. The van der Waals surface area contributed by atoms with E-state index in [9.17, 15) is 9.50 Å². The maximum Gasteiger partial charge on any atom is 0.141 e. The van der Waals surface area contributed by atoms with E-state index in [0.29, 0.717) is 23.9 Å². The highest BCUT2D eigenvalue weighted by Crippen LogP contribution is 2.33. The van der Waals surface area contributed by atoms with Crippen LogP contribution >= 0.6 is 11.6 Å². The van der Waals surface area contributed by atoms with Crippen LogP contribution in [0.15, 0.2) is 36.5 Å². The molecule has 122 valence electrons. The number of aliphatic hydroxyl groups excluding tert-OH is 1. The van der Waals surface area contributed by atoms with Gasteiger partial charge in [0.15, 0.2) is 0 Å². The lowest BCUT2D eigenvalue weighted by atomic mass is 10.0. The number of aromatic nitrogens is 1. The van der Waals surface area contributed by atoms with Crippen LogP contribution in [0.25, 0.3) is 0 Å². The largest absolute Gasteiger partial charge is 0.493 e. The summed E-state index contributed by atoms with van der Waals surface area (Å²) < 4.78 is 18.6. The minimum Gasteiger partial charge on any atom is -0.493 e. The molecule has 1 aromatic carbocycles. The van der Waals surface area contributed by atoms with Crippen molar-refractivity contribution < 1.29 is 14.2 Å². The highest BCUT2D eigenvalue weighted by Gasteiger charge is 2.21. The molecule has 0 aliphatic carbocycles. The smallest absolute Gasteiger partial charge is 0.141 e. The Balaban J connectivity index is 1.69. The molecule has 3 rings (SSSR count). The van der Waals surface area contributed by atoms with Crippen molar-refractivity contribution >= 4 is 11.6 Å². The molecule has 1 aliphatic heterocycles. The molecule has 6 heteroatoms. The third-order valence-corrected chi connectivity index (χ3v) is 4.13. The number of aliphatic hydroxyl groups is 1. The molecule has 0 radical (unpaired) electrons. The van der Waals surface area contributed by atoms with Gasteiger partial charge in [0.05, 0.1) is 18.5 Å². The van der Waals surface area contributed by atoms with Crippen LogP contribution in [0, 0.1) is 5.82 Å². The number of rotatable bonds is 4. The minimum absolute atomic E-state index is 0.0693. The van der Waals surface area contributed by atoms with E-state index in [1.54, 1.807) is 0 Å². The molecule has 2 aromatic rings. The van der Waals surface area contributed by atoms with Crippen molar-refractivity contribution in [1.29, 1.82) is 0 Å². The summed E-state index contributed by atoms with van der Waals surface area (Å²) >= 11 is 6.02. The summed E-state index contributed by atoms with van der Waals surface area (Å²) in [4.78, 5) is 3.91. The number of ether oxygens (including phenoxy) is 1. The van der Waals surface area contributed by atoms with E-state index in [-0.39, 0.29) is 6.04 Å². The Hall–Kier alpha value is -1.69. The molecule has 1 aromatic heterocycles. The highest BCUT2D eigenvalue weighted by atomic mass is 35.5. The molecule has 0 fully saturated rings. The molecule has 0 saturated carbocycles. The molecule has 0 amide bonds. The predicted molar refractivity (Wildman–Crippen MR) is 86.1 cm³/mol. The van der Waals surface area contributed by atoms with E-state index in [1.165, 1.54) is 12.1 Å². The van der Waals surface area contributed by atoms with E-state index in [0.717, 1.165) is 30.4 Å². The lowest BCUT2D eigenvalue weighted by Crippen LogP contribution is -2.26. The average molecular weight is 337 g/mol. The van der Waals surface area contributed by atoms with Gasteiger partial charge in [-0.3, -0.25) is 4.98 Å². The van der Waals surface area contributed by atoms with Crippen LogP contribution in [0.2, 0.25) is 5.02 Å². The summed E-state index contributed by atoms with van der Waals surface area (Å²) in [5.74, 6) is 0.363. The first-order chi connectivity index (χ1) is 11.1. The fourth-order valence-corrected chi connectivity index (χ4v) is 2.86. The molecule has 0 spiro atoms. The van der Waals surface area contributed by atoms with Crippen molar-refractivity contribution in [1.82, 2.24) is 10.3 Å². The van der Waals surface area contributed by atoms with Crippen molar-refractivity contribution in [3.8, 4) is 5.75 Å². The fraction of sp³-hybridized carbons (Fsp3) is 0.353. The van der Waals surface area contributed by atoms with Crippen LogP contribution in [-0.2, 0) is 0 Å². The number of pyridine rings is 1. The summed E-state index contributed by atoms with van der Waals surface area (Å²) in [7, 11) is 0. The summed E-state index contributed by atoms with van der Waals surface area (Å²) in [5, 5.41) is 14.2. The fourth-order valence-electron chi connectivity index (χ4n) is 2.70. The van der Waals surface area contributed by atoms with E-state index >= 15 is 0 Å². The summed E-state index contributed by atoms with van der Waals surface area (Å²) in [6.07, 6.45) is 2.12. The zero-order valence-corrected chi connectivity index (χ0v) is 13.3. The third kappa shape index (κ3) is 3.99. The van der Waals surface area contributed by atoms with Gasteiger partial charge in [-0.25, -0.2) is 4.39 Å². The van der Waals surface area contributed by atoms with E-state index in [4.69, 9.17) is 16.3 Å². The van der Waals surface area contributed by atoms with Crippen molar-refractivity contribution in [3.05, 3.63) is 58.6 Å². The molecule has 23 heavy (non-hydrogen) atoms. The molecule has 2 heterocycles.